The van der Waals surface area contributed by atoms with Crippen molar-refractivity contribution >= 4 is 39.9 Å². The van der Waals surface area contributed by atoms with Crippen LogP contribution in [0.2, 0.25) is 5.02 Å². The van der Waals surface area contributed by atoms with Crippen LogP contribution in [-0.4, -0.2) is 23.3 Å². The largest absolute Gasteiger partial charge is 0.546 e. The molecule has 132 valence electrons. The molecule has 0 saturated carbocycles. The molecule has 0 atom stereocenters. The van der Waals surface area contributed by atoms with Crippen LogP contribution in [0, 0.1) is 0 Å². The Kier molecular flexibility index (Phi) is 5.34. The van der Waals surface area contributed by atoms with Gasteiger partial charge in [0.05, 0.1) is 22.9 Å². The number of halogens is 1. The van der Waals surface area contributed by atoms with Gasteiger partial charge in [-0.05, 0) is 61.0 Å². The highest BCUT2D eigenvalue weighted by atomic mass is 35.5. The topological polar surface area (TPSA) is 86.6 Å². The number of pyridine rings is 1. The van der Waals surface area contributed by atoms with Crippen molar-refractivity contribution in [3.63, 3.8) is 0 Å². The number of nitrogens with one attached hydrogen (secondary N) is 1. The summed E-state index contributed by atoms with van der Waals surface area (Å²) in [7, 11) is 0. The molecule has 0 aliphatic heterocycles. The molecule has 0 aliphatic rings. The Morgan fingerprint density at radius 2 is 2.00 bits per heavy atom. The zero-order valence-electron chi connectivity index (χ0n) is 13.9. The molecule has 0 bridgehead atoms. The molecular weight excluding hydrogens is 354 g/mol. The second-order valence-electron chi connectivity index (χ2n) is 5.51. The van der Waals surface area contributed by atoms with E-state index in [1.54, 1.807) is 42.6 Å². The van der Waals surface area contributed by atoms with Gasteiger partial charge in [-0.3, -0.25) is 10.4 Å². The lowest BCUT2D eigenvalue weighted by Gasteiger charge is -2.09. The number of carboxylic acid groups (broad SMARTS) is 1. The summed E-state index contributed by atoms with van der Waals surface area (Å²) in [6, 6.07) is 14.3. The van der Waals surface area contributed by atoms with E-state index >= 15 is 0 Å². The number of ether oxygens (including phenoxy) is 1. The molecule has 3 aromatic rings. The molecule has 0 unspecified atom stereocenters. The minimum Gasteiger partial charge on any atom is -0.546 e. The first kappa shape index (κ1) is 17.7. The van der Waals surface area contributed by atoms with Crippen LogP contribution < -0.4 is 15.3 Å². The second-order valence-corrected chi connectivity index (χ2v) is 5.95. The standard InChI is InChI=1S/C19H16ClN3O3/c1-12(13-2-5-15(6-3-13)26-11-19(24)25)22-23-17-8-9-21-18-10-14(20)4-7-16(17)18/h2-10H,11H2,1H3,(H,21,23)(H,24,25)/p-1/b22-12-. The predicted molar refractivity (Wildman–Crippen MR) is 99.5 cm³/mol. The van der Waals surface area contributed by atoms with Crippen molar-refractivity contribution in [2.45, 2.75) is 6.92 Å². The van der Waals surface area contributed by atoms with Gasteiger partial charge in [-0.15, -0.1) is 0 Å². The van der Waals surface area contributed by atoms with Gasteiger partial charge in [-0.2, -0.15) is 5.10 Å². The number of rotatable bonds is 6. The summed E-state index contributed by atoms with van der Waals surface area (Å²) in [5, 5.41) is 16.4. The van der Waals surface area contributed by atoms with Crippen LogP contribution >= 0.6 is 11.6 Å². The number of carbonyl (C=O) groups is 1. The third-order valence-electron chi connectivity index (χ3n) is 3.68. The Bertz CT molecular complexity index is 971. The minimum absolute atomic E-state index is 0.454. The molecule has 26 heavy (non-hydrogen) atoms. The van der Waals surface area contributed by atoms with Crippen LogP contribution in [0.25, 0.3) is 10.9 Å². The molecule has 6 nitrogen and oxygen atoms in total. The Hall–Kier alpha value is -3.12. The monoisotopic (exact) mass is 368 g/mol. The number of carboxylic acids is 1. The summed E-state index contributed by atoms with van der Waals surface area (Å²) in [5.41, 5.74) is 6.28. The van der Waals surface area contributed by atoms with Crippen molar-refractivity contribution in [1.82, 2.24) is 4.98 Å². The van der Waals surface area contributed by atoms with Crippen molar-refractivity contribution in [1.29, 1.82) is 0 Å². The highest BCUT2D eigenvalue weighted by Gasteiger charge is 2.03. The lowest BCUT2D eigenvalue weighted by molar-refractivity contribution is -0.307. The van der Waals surface area contributed by atoms with Gasteiger partial charge in [0.25, 0.3) is 0 Å². The smallest absolute Gasteiger partial charge is 0.128 e. The van der Waals surface area contributed by atoms with Gasteiger partial charge in [-0.1, -0.05) is 11.6 Å². The first-order chi connectivity index (χ1) is 12.5. The van der Waals surface area contributed by atoms with Crippen molar-refractivity contribution in [3.8, 4) is 5.75 Å². The molecule has 7 heteroatoms. The summed E-state index contributed by atoms with van der Waals surface area (Å²) in [6.07, 6.45) is 1.69. The van der Waals surface area contributed by atoms with Gasteiger partial charge >= 0.3 is 0 Å². The van der Waals surface area contributed by atoms with E-state index < -0.39 is 12.6 Å². The van der Waals surface area contributed by atoms with Gasteiger partial charge < -0.3 is 14.6 Å². The van der Waals surface area contributed by atoms with Crippen LogP contribution in [-0.2, 0) is 4.79 Å². The van der Waals surface area contributed by atoms with Crippen molar-refractivity contribution in [3.05, 3.63) is 65.3 Å². The lowest BCUT2D eigenvalue weighted by Crippen LogP contribution is -2.28. The molecule has 1 heterocycles. The summed E-state index contributed by atoms with van der Waals surface area (Å²) >= 11 is 6.00. The van der Waals surface area contributed by atoms with Gasteiger partial charge in [-0.25, -0.2) is 0 Å². The number of hydrogen-bond acceptors (Lipinski definition) is 6. The van der Waals surface area contributed by atoms with E-state index in [0.29, 0.717) is 10.8 Å². The summed E-state index contributed by atoms with van der Waals surface area (Å²) in [4.78, 5) is 14.7. The third-order valence-corrected chi connectivity index (χ3v) is 3.91. The van der Waals surface area contributed by atoms with Crippen LogP contribution in [0.5, 0.6) is 5.75 Å². The Labute approximate surface area is 155 Å². The number of aliphatic carboxylic acids is 1. The normalized spacial score (nSPS) is 11.4. The molecule has 2 aromatic carbocycles. The molecule has 0 saturated heterocycles. The van der Waals surface area contributed by atoms with E-state index in [9.17, 15) is 9.90 Å². The predicted octanol–water partition coefficient (Wildman–Crippen LogP) is 2.85. The number of fused-ring (bicyclic) bond motifs is 1. The van der Waals surface area contributed by atoms with E-state index in [2.05, 4.69) is 15.5 Å². The zero-order chi connectivity index (χ0) is 18.5. The third kappa shape index (κ3) is 4.29. The Morgan fingerprint density at radius 3 is 2.73 bits per heavy atom. The maximum absolute atomic E-state index is 10.4. The number of hydrazone groups is 1. The van der Waals surface area contributed by atoms with Gasteiger partial charge in [0.2, 0.25) is 0 Å². The summed E-state index contributed by atoms with van der Waals surface area (Å²) < 4.78 is 5.05. The Balaban J connectivity index is 1.75. The maximum atomic E-state index is 10.4. The molecule has 1 aromatic heterocycles. The fourth-order valence-corrected chi connectivity index (χ4v) is 2.53. The number of carbonyl (C=O) groups excluding carboxylic acids is 1. The van der Waals surface area contributed by atoms with Crippen molar-refractivity contribution < 1.29 is 14.6 Å². The fraction of sp³-hybridized carbons (Fsp3) is 0.105. The zero-order valence-corrected chi connectivity index (χ0v) is 14.7. The van der Waals surface area contributed by atoms with Crippen molar-refractivity contribution in [2.24, 2.45) is 5.10 Å². The molecule has 0 radical (unpaired) electrons. The number of hydrogen-bond donors (Lipinski definition) is 1. The van der Waals surface area contributed by atoms with Crippen LogP contribution in [0.3, 0.4) is 0 Å². The summed E-state index contributed by atoms with van der Waals surface area (Å²) in [6.45, 7) is 1.39. The van der Waals surface area contributed by atoms with Gasteiger partial charge in [0.1, 0.15) is 12.4 Å². The molecule has 0 fully saturated rings. The molecule has 0 aliphatic carbocycles. The molecular formula is C19H15ClN3O3-. The number of benzene rings is 2. The highest BCUT2D eigenvalue weighted by Crippen LogP contribution is 2.24. The quantitative estimate of drug-likeness (QED) is 0.534. The van der Waals surface area contributed by atoms with Crippen LogP contribution in [0.1, 0.15) is 12.5 Å². The SMILES string of the molecule is C/C(=N/Nc1ccnc2cc(Cl)ccc12)c1ccc(OCC(=O)[O-])cc1. The first-order valence-corrected chi connectivity index (χ1v) is 8.18. The van der Waals surface area contributed by atoms with E-state index in [-0.39, 0.29) is 0 Å². The number of nitrogens with zero attached hydrogens (tertiary/aromatic N) is 2. The summed E-state index contributed by atoms with van der Waals surface area (Å²) in [5.74, 6) is -0.808. The molecule has 1 N–H and O–H groups in total. The Morgan fingerprint density at radius 1 is 1.23 bits per heavy atom. The average molecular weight is 369 g/mol. The van der Waals surface area contributed by atoms with Gasteiger partial charge in [0.15, 0.2) is 0 Å². The minimum atomic E-state index is -1.26. The van der Waals surface area contributed by atoms with Gasteiger partial charge in [0, 0.05) is 16.6 Å². The highest BCUT2D eigenvalue weighted by molar-refractivity contribution is 6.31. The molecule has 0 spiro atoms. The van der Waals surface area contributed by atoms with E-state index in [1.807, 2.05) is 19.1 Å². The van der Waals surface area contributed by atoms with Crippen LogP contribution in [0.15, 0.2) is 59.8 Å². The molecule has 3 rings (SSSR count). The van der Waals surface area contributed by atoms with E-state index in [4.69, 9.17) is 16.3 Å². The number of aromatic nitrogens is 1. The van der Waals surface area contributed by atoms with Crippen molar-refractivity contribution in [2.75, 3.05) is 12.0 Å². The van der Waals surface area contributed by atoms with E-state index in [1.165, 1.54) is 0 Å². The average Bonchev–Trinajstić information content (AvgIpc) is 2.64. The van der Waals surface area contributed by atoms with Crippen LogP contribution in [0.4, 0.5) is 5.69 Å². The maximum Gasteiger partial charge on any atom is 0.128 e. The van der Waals surface area contributed by atoms with E-state index in [0.717, 1.165) is 27.9 Å². The second kappa shape index (κ2) is 7.84. The fourth-order valence-electron chi connectivity index (χ4n) is 2.36. The molecule has 0 amide bonds. The number of anilines is 1. The lowest BCUT2D eigenvalue weighted by atomic mass is 10.1. The first-order valence-electron chi connectivity index (χ1n) is 7.80.